The van der Waals surface area contributed by atoms with Gasteiger partial charge >= 0.3 is 5.97 Å². The number of sulfonamides is 1. The number of carboxylic acid groups (broad SMARTS) is 1. The number of ether oxygens (including phenoxy) is 1. The molecule has 0 saturated carbocycles. The molecule has 0 saturated heterocycles. The fraction of sp³-hybridized carbons (Fsp3) is 0.182. The highest BCUT2D eigenvalue weighted by atomic mass is 32.2. The Morgan fingerprint density at radius 2 is 2.19 bits per heavy atom. The van der Waals surface area contributed by atoms with E-state index in [1.165, 1.54) is 6.07 Å². The highest BCUT2D eigenvalue weighted by molar-refractivity contribution is 7.89. The van der Waals surface area contributed by atoms with Gasteiger partial charge in [0.15, 0.2) is 6.61 Å². The average Bonchev–Trinajstić information content (AvgIpc) is 2.80. The predicted octanol–water partition coefficient (Wildman–Crippen LogP) is 0.303. The van der Waals surface area contributed by atoms with E-state index in [-0.39, 0.29) is 28.6 Å². The number of hydrogen-bond donors (Lipinski definition) is 2. The van der Waals surface area contributed by atoms with Crippen LogP contribution in [0.25, 0.3) is 0 Å². The summed E-state index contributed by atoms with van der Waals surface area (Å²) in [4.78, 5) is 14.7. The number of nitrogens with two attached hydrogens (primary N) is 1. The third-order valence-corrected chi connectivity index (χ3v) is 3.35. The highest BCUT2D eigenvalue weighted by Crippen LogP contribution is 2.23. The lowest BCUT2D eigenvalue weighted by Crippen LogP contribution is -2.13. The molecule has 3 N–H and O–H groups in total. The first-order chi connectivity index (χ1) is 9.77. The zero-order valence-corrected chi connectivity index (χ0v) is 11.6. The van der Waals surface area contributed by atoms with Crippen LogP contribution in [0, 0.1) is 6.92 Å². The summed E-state index contributed by atoms with van der Waals surface area (Å²) in [5.74, 6) is -0.798. The van der Waals surface area contributed by atoms with Crippen molar-refractivity contribution in [1.82, 2.24) is 10.1 Å². The van der Waals surface area contributed by atoms with Crippen LogP contribution in [0.4, 0.5) is 0 Å². The molecule has 2 rings (SSSR count). The molecule has 0 unspecified atom stereocenters. The van der Waals surface area contributed by atoms with Crippen LogP contribution in [0.3, 0.4) is 0 Å². The second-order valence-electron chi connectivity index (χ2n) is 4.03. The SMILES string of the molecule is Cc1nc(COc2ccc(S(N)(=O)=O)cc2C(=O)O)no1. The zero-order chi connectivity index (χ0) is 15.6. The van der Waals surface area contributed by atoms with E-state index in [0.717, 1.165) is 12.1 Å². The summed E-state index contributed by atoms with van der Waals surface area (Å²) in [6.07, 6.45) is 0. The van der Waals surface area contributed by atoms with E-state index < -0.39 is 16.0 Å². The first kappa shape index (κ1) is 14.9. The van der Waals surface area contributed by atoms with E-state index >= 15 is 0 Å². The lowest BCUT2D eigenvalue weighted by atomic mass is 10.2. The van der Waals surface area contributed by atoms with Crippen LogP contribution in [-0.2, 0) is 16.6 Å². The van der Waals surface area contributed by atoms with Gasteiger partial charge in [-0.2, -0.15) is 4.98 Å². The molecule has 21 heavy (non-hydrogen) atoms. The molecule has 1 heterocycles. The van der Waals surface area contributed by atoms with Gasteiger partial charge in [0.2, 0.25) is 21.7 Å². The molecular formula is C11H11N3O6S. The normalized spacial score (nSPS) is 11.3. The Balaban J connectivity index is 2.28. The molecule has 0 aliphatic rings. The van der Waals surface area contributed by atoms with E-state index in [9.17, 15) is 13.2 Å². The van der Waals surface area contributed by atoms with Crippen LogP contribution in [0.5, 0.6) is 5.75 Å². The number of hydrogen-bond acceptors (Lipinski definition) is 7. The smallest absolute Gasteiger partial charge is 0.339 e. The third-order valence-electron chi connectivity index (χ3n) is 2.44. The molecule has 0 fully saturated rings. The van der Waals surface area contributed by atoms with Crippen molar-refractivity contribution >= 4 is 16.0 Å². The first-order valence-corrected chi connectivity index (χ1v) is 7.14. The molecular weight excluding hydrogens is 302 g/mol. The monoisotopic (exact) mass is 313 g/mol. The van der Waals surface area contributed by atoms with Gasteiger partial charge in [0.25, 0.3) is 0 Å². The Morgan fingerprint density at radius 1 is 1.48 bits per heavy atom. The Labute approximate surface area is 119 Å². The molecule has 0 spiro atoms. The number of benzene rings is 1. The molecule has 2 aromatic rings. The minimum absolute atomic E-state index is 0.0302. The van der Waals surface area contributed by atoms with Crippen molar-refractivity contribution < 1.29 is 27.6 Å². The van der Waals surface area contributed by atoms with E-state index in [1.54, 1.807) is 6.92 Å². The number of aryl methyl sites for hydroxylation is 1. The van der Waals surface area contributed by atoms with Crippen molar-refractivity contribution in [2.75, 3.05) is 0 Å². The number of primary sulfonamides is 1. The minimum Gasteiger partial charge on any atom is -0.485 e. The van der Waals surface area contributed by atoms with E-state index in [1.807, 2.05) is 0 Å². The molecule has 0 radical (unpaired) electrons. The maximum Gasteiger partial charge on any atom is 0.339 e. The molecule has 9 nitrogen and oxygen atoms in total. The molecule has 0 bridgehead atoms. The molecule has 0 amide bonds. The van der Waals surface area contributed by atoms with Gasteiger partial charge in [-0.15, -0.1) is 0 Å². The fourth-order valence-electron chi connectivity index (χ4n) is 1.52. The topological polar surface area (TPSA) is 146 Å². The van der Waals surface area contributed by atoms with Crippen molar-refractivity contribution in [2.24, 2.45) is 5.14 Å². The second kappa shape index (κ2) is 5.50. The summed E-state index contributed by atoms with van der Waals surface area (Å²) in [7, 11) is -4.00. The number of nitrogens with zero attached hydrogens (tertiary/aromatic N) is 2. The number of carboxylic acids is 1. The third kappa shape index (κ3) is 3.55. The van der Waals surface area contributed by atoms with Crippen LogP contribution in [0.1, 0.15) is 22.1 Å². The molecule has 0 aliphatic heterocycles. The molecule has 0 aliphatic carbocycles. The average molecular weight is 313 g/mol. The molecule has 1 aromatic heterocycles. The van der Waals surface area contributed by atoms with Gasteiger partial charge in [-0.25, -0.2) is 18.4 Å². The van der Waals surface area contributed by atoms with Crippen molar-refractivity contribution in [3.05, 3.63) is 35.5 Å². The Hall–Kier alpha value is -2.46. The standard InChI is InChI=1S/C11H11N3O6S/c1-6-13-10(14-20-6)5-19-9-3-2-7(21(12,17)18)4-8(9)11(15)16/h2-4H,5H2,1H3,(H,15,16)(H2,12,17,18). The maximum atomic E-state index is 11.2. The fourth-order valence-corrected chi connectivity index (χ4v) is 2.06. The number of rotatable bonds is 5. The molecule has 10 heteroatoms. The number of aromatic nitrogens is 2. The molecule has 1 aromatic carbocycles. The largest absolute Gasteiger partial charge is 0.485 e. The lowest BCUT2D eigenvalue weighted by molar-refractivity contribution is 0.0691. The van der Waals surface area contributed by atoms with Crippen LogP contribution < -0.4 is 9.88 Å². The second-order valence-corrected chi connectivity index (χ2v) is 5.59. The summed E-state index contributed by atoms with van der Waals surface area (Å²) < 4.78 is 32.4. The van der Waals surface area contributed by atoms with Gasteiger partial charge in [0.1, 0.15) is 11.3 Å². The summed E-state index contributed by atoms with van der Waals surface area (Å²) in [6.45, 7) is 1.48. The Bertz CT molecular complexity index is 783. The van der Waals surface area contributed by atoms with Crippen LogP contribution >= 0.6 is 0 Å². The van der Waals surface area contributed by atoms with Crippen molar-refractivity contribution in [1.29, 1.82) is 0 Å². The zero-order valence-electron chi connectivity index (χ0n) is 10.8. The van der Waals surface area contributed by atoms with Gasteiger partial charge in [-0.05, 0) is 18.2 Å². The minimum atomic E-state index is -4.00. The van der Waals surface area contributed by atoms with E-state index in [0.29, 0.717) is 5.89 Å². The molecule has 0 atom stereocenters. The lowest BCUT2D eigenvalue weighted by Gasteiger charge is -2.08. The summed E-state index contributed by atoms with van der Waals surface area (Å²) in [5, 5.41) is 17.6. The summed E-state index contributed by atoms with van der Waals surface area (Å²) in [6, 6.07) is 3.28. The van der Waals surface area contributed by atoms with Crippen molar-refractivity contribution in [3.63, 3.8) is 0 Å². The number of aromatic carboxylic acids is 1. The Morgan fingerprint density at radius 3 is 2.71 bits per heavy atom. The first-order valence-electron chi connectivity index (χ1n) is 5.59. The van der Waals surface area contributed by atoms with Gasteiger partial charge < -0.3 is 14.4 Å². The predicted molar refractivity (Wildman–Crippen MR) is 68.1 cm³/mol. The van der Waals surface area contributed by atoms with Gasteiger partial charge in [-0.3, -0.25) is 0 Å². The maximum absolute atomic E-state index is 11.2. The highest BCUT2D eigenvalue weighted by Gasteiger charge is 2.17. The summed E-state index contributed by atoms with van der Waals surface area (Å²) >= 11 is 0. The van der Waals surface area contributed by atoms with E-state index in [4.69, 9.17) is 19.5 Å². The number of carbonyl (C=O) groups is 1. The molecule has 112 valence electrons. The summed E-state index contributed by atoms with van der Waals surface area (Å²) in [5.41, 5.74) is -0.332. The Kier molecular flexibility index (Phi) is 3.91. The van der Waals surface area contributed by atoms with Crippen LogP contribution in [0.2, 0.25) is 0 Å². The quantitative estimate of drug-likeness (QED) is 0.801. The van der Waals surface area contributed by atoms with Crippen LogP contribution in [0.15, 0.2) is 27.6 Å². The van der Waals surface area contributed by atoms with E-state index in [2.05, 4.69) is 10.1 Å². The van der Waals surface area contributed by atoms with Gasteiger partial charge in [0, 0.05) is 6.92 Å². The van der Waals surface area contributed by atoms with Crippen molar-refractivity contribution in [3.8, 4) is 5.75 Å². The van der Waals surface area contributed by atoms with Crippen molar-refractivity contribution in [2.45, 2.75) is 18.4 Å². The van der Waals surface area contributed by atoms with Gasteiger partial charge in [-0.1, -0.05) is 5.16 Å². The van der Waals surface area contributed by atoms with Crippen LogP contribution in [-0.4, -0.2) is 29.6 Å². The van der Waals surface area contributed by atoms with Gasteiger partial charge in [0.05, 0.1) is 4.90 Å².